The molecule has 0 aliphatic carbocycles. The van der Waals surface area contributed by atoms with Crippen LogP contribution in [0, 0.1) is 5.92 Å². The summed E-state index contributed by atoms with van der Waals surface area (Å²) in [4.78, 5) is 54.9. The van der Waals surface area contributed by atoms with Gasteiger partial charge in [-0.25, -0.2) is 9.59 Å². The van der Waals surface area contributed by atoms with Crippen molar-refractivity contribution < 1.29 is 23.9 Å². The molecular formula is C38H51N5O5S. The molecule has 2 unspecified atom stereocenters. The largest absolute Gasteiger partial charge is 0.458 e. The van der Waals surface area contributed by atoms with E-state index in [4.69, 9.17) is 10.5 Å². The van der Waals surface area contributed by atoms with Crippen LogP contribution in [-0.4, -0.2) is 66.0 Å². The van der Waals surface area contributed by atoms with Crippen LogP contribution in [0.4, 0.5) is 10.5 Å². The van der Waals surface area contributed by atoms with Crippen molar-refractivity contribution >= 4 is 50.9 Å². The van der Waals surface area contributed by atoms with Crippen LogP contribution in [-0.2, 0) is 25.5 Å². The lowest BCUT2D eigenvalue weighted by Crippen LogP contribution is -2.56. The van der Waals surface area contributed by atoms with E-state index in [1.165, 1.54) is 5.56 Å². The molecule has 0 spiro atoms. The van der Waals surface area contributed by atoms with Crippen molar-refractivity contribution in [1.82, 2.24) is 15.5 Å². The van der Waals surface area contributed by atoms with Crippen molar-refractivity contribution in [3.63, 3.8) is 0 Å². The van der Waals surface area contributed by atoms with Gasteiger partial charge in [-0.2, -0.15) is 0 Å². The molecule has 10 nitrogen and oxygen atoms in total. The van der Waals surface area contributed by atoms with Gasteiger partial charge in [-0.05, 0) is 118 Å². The van der Waals surface area contributed by atoms with Crippen LogP contribution in [0.5, 0.6) is 0 Å². The van der Waals surface area contributed by atoms with E-state index in [2.05, 4.69) is 22.0 Å². The fourth-order valence-electron chi connectivity index (χ4n) is 6.87. The minimum Gasteiger partial charge on any atom is -0.458 e. The monoisotopic (exact) mass is 689 g/mol. The van der Waals surface area contributed by atoms with E-state index in [0.717, 1.165) is 53.4 Å². The van der Waals surface area contributed by atoms with E-state index >= 15 is 0 Å². The molecule has 3 heterocycles. The number of nitrogens with zero attached hydrogens (tertiary/aromatic N) is 1. The zero-order valence-corrected chi connectivity index (χ0v) is 29.8. The van der Waals surface area contributed by atoms with Gasteiger partial charge in [0.1, 0.15) is 17.7 Å². The Hall–Kier alpha value is -3.96. The first kappa shape index (κ1) is 36.3. The Labute approximate surface area is 293 Å². The number of likely N-dealkylation sites (tertiary alicyclic amines) is 1. The van der Waals surface area contributed by atoms with Gasteiger partial charge in [0.25, 0.3) is 0 Å². The maximum Gasteiger partial charge on any atom is 0.329 e. The smallest absolute Gasteiger partial charge is 0.329 e. The highest BCUT2D eigenvalue weighted by Gasteiger charge is 2.33. The maximum absolute atomic E-state index is 13.9. The zero-order valence-electron chi connectivity index (χ0n) is 29.0. The van der Waals surface area contributed by atoms with Crippen molar-refractivity contribution in [2.45, 2.75) is 102 Å². The Kier molecular flexibility index (Phi) is 12.3. The van der Waals surface area contributed by atoms with E-state index in [9.17, 15) is 19.2 Å². The number of amides is 4. The number of unbranched alkanes of at least 4 members (excludes halogenated alkanes) is 1. The number of para-hydroxylation sites is 1. The lowest BCUT2D eigenvalue weighted by molar-refractivity contribution is -0.159. The summed E-state index contributed by atoms with van der Waals surface area (Å²) < 4.78 is 6.75. The van der Waals surface area contributed by atoms with E-state index in [1.807, 2.05) is 47.8 Å². The minimum atomic E-state index is -0.889. The van der Waals surface area contributed by atoms with Crippen molar-refractivity contribution in [3.05, 3.63) is 65.0 Å². The molecule has 49 heavy (non-hydrogen) atoms. The molecule has 3 aromatic rings. The summed E-state index contributed by atoms with van der Waals surface area (Å²) >= 11 is 1.60. The van der Waals surface area contributed by atoms with E-state index in [0.29, 0.717) is 51.2 Å². The third kappa shape index (κ3) is 10.0. The average molecular weight is 690 g/mol. The number of carbonyl (C=O) groups excluding carboxylic acids is 4. The van der Waals surface area contributed by atoms with E-state index in [1.54, 1.807) is 37.0 Å². The van der Waals surface area contributed by atoms with Crippen LogP contribution < -0.4 is 21.7 Å². The van der Waals surface area contributed by atoms with Crippen molar-refractivity contribution in [2.75, 3.05) is 25.0 Å². The second-order valence-electron chi connectivity index (χ2n) is 14.4. The Morgan fingerprint density at radius 3 is 2.49 bits per heavy atom. The van der Waals surface area contributed by atoms with Crippen LogP contribution in [0.25, 0.3) is 10.1 Å². The molecule has 2 aliphatic rings. The molecule has 4 amide bonds. The van der Waals surface area contributed by atoms with Crippen molar-refractivity contribution in [2.24, 2.45) is 11.7 Å². The summed E-state index contributed by atoms with van der Waals surface area (Å²) in [6.45, 7) is 7.06. The predicted octanol–water partition coefficient (Wildman–Crippen LogP) is 6.10. The molecule has 0 saturated carbocycles. The Morgan fingerprint density at radius 2 is 1.73 bits per heavy atom. The number of carbonyl (C=O) groups is 4. The second kappa shape index (κ2) is 16.6. The first-order valence-corrected chi connectivity index (χ1v) is 18.5. The molecule has 11 heteroatoms. The number of benzene rings is 2. The number of rotatable bonds is 13. The maximum atomic E-state index is 13.9. The summed E-state index contributed by atoms with van der Waals surface area (Å²) in [5, 5.41) is 12.0. The standard InChI is InChI=1S/C38H51N5O5S/c1-38(2,3)48-36(46)31(13-8-9-19-39)41-35(45)32(22-27-24-49-33-14-7-5-11-29(27)33)42-37(47)43-20-17-25(18-21-43)15-16-26-23-34(44)40-30-12-6-4-10-28(26)30/h4-7,10-12,14,24-26,31-32H,8-9,13,15-23,39H2,1-3H3,(H,40,44)(H,41,45)(H,42,47)/t26?,31?,32-/m1/s1. The molecule has 5 rings (SSSR count). The minimum absolute atomic E-state index is 0.0669. The summed E-state index contributed by atoms with van der Waals surface area (Å²) in [5.74, 6) is -0.182. The number of urea groups is 1. The lowest BCUT2D eigenvalue weighted by atomic mass is 9.82. The normalized spacial score (nSPS) is 17.9. The van der Waals surface area contributed by atoms with Crippen molar-refractivity contribution in [3.8, 4) is 0 Å². The fourth-order valence-corrected chi connectivity index (χ4v) is 7.84. The predicted molar refractivity (Wildman–Crippen MR) is 194 cm³/mol. The van der Waals surface area contributed by atoms with E-state index < -0.39 is 29.6 Å². The first-order valence-electron chi connectivity index (χ1n) is 17.6. The zero-order chi connectivity index (χ0) is 35.0. The molecular weight excluding hydrogens is 639 g/mol. The quantitative estimate of drug-likeness (QED) is 0.126. The molecule has 5 N–H and O–H groups in total. The van der Waals surface area contributed by atoms with Gasteiger partial charge in [0.2, 0.25) is 11.8 Å². The van der Waals surface area contributed by atoms with Crippen LogP contribution in [0.1, 0.15) is 89.2 Å². The number of nitrogens with two attached hydrogens (primary N) is 1. The molecule has 0 bridgehead atoms. The number of anilines is 1. The van der Waals surface area contributed by atoms with Crippen LogP contribution in [0.2, 0.25) is 0 Å². The number of fused-ring (bicyclic) bond motifs is 2. The summed E-state index contributed by atoms with van der Waals surface area (Å²) in [7, 11) is 0. The van der Waals surface area contributed by atoms with Gasteiger partial charge in [0.15, 0.2) is 0 Å². The van der Waals surface area contributed by atoms with Crippen LogP contribution in [0.15, 0.2) is 53.9 Å². The van der Waals surface area contributed by atoms with Gasteiger partial charge in [0, 0.05) is 36.3 Å². The lowest BCUT2D eigenvalue weighted by Gasteiger charge is -2.34. The number of nitrogens with one attached hydrogen (secondary N) is 3. The molecule has 0 radical (unpaired) electrons. The third-order valence-corrected chi connectivity index (χ3v) is 10.5. The van der Waals surface area contributed by atoms with E-state index in [-0.39, 0.29) is 17.9 Å². The van der Waals surface area contributed by atoms with Gasteiger partial charge < -0.3 is 31.3 Å². The van der Waals surface area contributed by atoms with Gasteiger partial charge in [-0.1, -0.05) is 36.4 Å². The third-order valence-electron chi connectivity index (χ3n) is 9.49. The number of ether oxygens (including phenoxy) is 1. The Bertz CT molecular complexity index is 1610. The molecule has 2 aliphatic heterocycles. The average Bonchev–Trinajstić information content (AvgIpc) is 3.48. The Morgan fingerprint density at radius 1 is 1.00 bits per heavy atom. The highest BCUT2D eigenvalue weighted by molar-refractivity contribution is 7.17. The first-order chi connectivity index (χ1) is 23.5. The van der Waals surface area contributed by atoms with Gasteiger partial charge >= 0.3 is 12.0 Å². The Balaban J connectivity index is 1.22. The van der Waals surface area contributed by atoms with Crippen molar-refractivity contribution in [1.29, 1.82) is 0 Å². The van der Waals surface area contributed by atoms with Gasteiger partial charge in [-0.15, -0.1) is 11.3 Å². The topological polar surface area (TPSA) is 143 Å². The highest BCUT2D eigenvalue weighted by Crippen LogP contribution is 2.37. The number of esters is 1. The summed E-state index contributed by atoms with van der Waals surface area (Å²) in [6, 6.07) is 14.0. The number of hydrogen-bond acceptors (Lipinski definition) is 7. The summed E-state index contributed by atoms with van der Waals surface area (Å²) in [5.41, 5.74) is 8.08. The van der Waals surface area contributed by atoms with Gasteiger partial charge in [0.05, 0.1) is 0 Å². The number of hydrogen-bond donors (Lipinski definition) is 4. The number of piperidine rings is 1. The molecule has 3 atom stereocenters. The molecule has 264 valence electrons. The number of thiophene rings is 1. The molecule has 1 aromatic heterocycles. The summed E-state index contributed by atoms with van der Waals surface area (Å²) in [6.07, 6.45) is 6.21. The molecule has 1 saturated heterocycles. The molecule has 2 aromatic carbocycles. The van der Waals surface area contributed by atoms with Gasteiger partial charge in [-0.3, -0.25) is 9.59 Å². The van der Waals surface area contributed by atoms with Crippen LogP contribution >= 0.6 is 11.3 Å². The second-order valence-corrected chi connectivity index (χ2v) is 15.3. The highest BCUT2D eigenvalue weighted by atomic mass is 32.1. The van der Waals surface area contributed by atoms with Crippen LogP contribution in [0.3, 0.4) is 0 Å². The SMILES string of the molecule is CC(C)(C)OC(=O)C(CCCCN)NC(=O)[C@@H](Cc1csc2ccccc12)NC(=O)N1CCC(CCC2CC(=O)Nc3ccccc32)CC1. The fraction of sp³-hybridized carbons (Fsp3) is 0.526. The molecule has 1 fully saturated rings.